The second-order valence-corrected chi connectivity index (χ2v) is 3.14. The third-order valence-corrected chi connectivity index (χ3v) is 1.28. The lowest BCUT2D eigenvalue weighted by Gasteiger charge is -2.24. The molecular weight excluding hydrogens is 168 g/mol. The number of likely N-dealkylation sites (N-methyl/N-ethyl adjacent to an activating group) is 1. The van der Waals surface area contributed by atoms with Crippen LogP contribution < -0.4 is 0 Å². The van der Waals surface area contributed by atoms with E-state index in [9.17, 15) is 13.6 Å². The predicted octanol–water partition coefficient (Wildman–Crippen LogP) is 0.481. The summed E-state index contributed by atoms with van der Waals surface area (Å²) in [5.74, 6) is -0.706. The maximum Gasteiger partial charge on any atom is 0.255 e. The summed E-state index contributed by atoms with van der Waals surface area (Å²) in [4.78, 5) is 11.9. The van der Waals surface area contributed by atoms with Crippen LogP contribution in [0.3, 0.4) is 0 Å². The van der Waals surface area contributed by atoms with Crippen LogP contribution in [0.25, 0.3) is 0 Å². The normalized spacial score (nSPS) is 11.9. The largest absolute Gasteiger partial charge is 0.381 e. The van der Waals surface area contributed by atoms with E-state index in [1.165, 1.54) is 20.9 Å². The van der Waals surface area contributed by atoms with Gasteiger partial charge in [0.05, 0.1) is 6.54 Å². The molecule has 0 aliphatic heterocycles. The van der Waals surface area contributed by atoms with Gasteiger partial charge < -0.3 is 10.0 Å². The lowest BCUT2D eigenvalue weighted by molar-refractivity contribution is -0.148. The van der Waals surface area contributed by atoms with E-state index < -0.39 is 24.5 Å². The van der Waals surface area contributed by atoms with E-state index in [0.717, 1.165) is 4.90 Å². The van der Waals surface area contributed by atoms with Gasteiger partial charge in [-0.15, -0.1) is 0 Å². The number of rotatable bonds is 3. The van der Waals surface area contributed by atoms with E-state index in [1.807, 2.05) is 0 Å². The van der Waals surface area contributed by atoms with Crippen molar-refractivity contribution in [2.75, 3.05) is 13.6 Å². The molecule has 0 aliphatic rings. The summed E-state index contributed by atoms with van der Waals surface area (Å²) in [7, 11) is 1.23. The van der Waals surface area contributed by atoms with Gasteiger partial charge in [0.2, 0.25) is 0 Å². The van der Waals surface area contributed by atoms with E-state index in [1.54, 1.807) is 0 Å². The lowest BCUT2D eigenvalue weighted by Crippen LogP contribution is -2.44. The molecule has 1 N–H and O–H groups in total. The summed E-state index contributed by atoms with van der Waals surface area (Å²) >= 11 is 0. The summed E-state index contributed by atoms with van der Waals surface area (Å²) < 4.78 is 23.5. The number of nitrogens with zero attached hydrogens (tertiary/aromatic N) is 1. The Labute approximate surface area is 70.0 Å². The number of carbonyl (C=O) groups excluding carboxylic acids is 1. The molecular formula is C7H13F2NO2. The maximum absolute atomic E-state index is 11.8. The third kappa shape index (κ3) is 3.61. The van der Waals surface area contributed by atoms with Gasteiger partial charge in [0.15, 0.2) is 0 Å². The van der Waals surface area contributed by atoms with Crippen LogP contribution in [0.2, 0.25) is 0 Å². The zero-order valence-electron chi connectivity index (χ0n) is 7.34. The van der Waals surface area contributed by atoms with Crippen molar-refractivity contribution in [1.29, 1.82) is 0 Å². The fourth-order valence-electron chi connectivity index (χ4n) is 0.757. The van der Waals surface area contributed by atoms with E-state index >= 15 is 0 Å². The maximum atomic E-state index is 11.8. The molecule has 0 rings (SSSR count). The third-order valence-electron chi connectivity index (χ3n) is 1.28. The molecule has 0 bridgehead atoms. The van der Waals surface area contributed by atoms with Crippen molar-refractivity contribution in [2.45, 2.75) is 25.9 Å². The molecule has 5 heteroatoms. The van der Waals surface area contributed by atoms with Crippen molar-refractivity contribution in [3.63, 3.8) is 0 Å². The molecule has 0 aromatic carbocycles. The molecule has 0 saturated heterocycles. The van der Waals surface area contributed by atoms with Crippen LogP contribution in [-0.2, 0) is 4.79 Å². The monoisotopic (exact) mass is 181 g/mol. The molecule has 0 aromatic heterocycles. The van der Waals surface area contributed by atoms with Crippen LogP contribution in [-0.4, -0.2) is 41.5 Å². The number of aliphatic hydroxyl groups is 1. The van der Waals surface area contributed by atoms with Crippen molar-refractivity contribution >= 4 is 5.91 Å². The summed E-state index contributed by atoms with van der Waals surface area (Å²) in [6.07, 6.45) is -2.57. The minimum absolute atomic E-state index is 0.650. The molecule has 0 aliphatic carbocycles. The van der Waals surface area contributed by atoms with Gasteiger partial charge in [0.25, 0.3) is 12.3 Å². The Morgan fingerprint density at radius 2 is 2.00 bits per heavy atom. The smallest absolute Gasteiger partial charge is 0.255 e. The molecule has 0 aromatic rings. The van der Waals surface area contributed by atoms with Gasteiger partial charge in [-0.2, -0.15) is 0 Å². The van der Waals surface area contributed by atoms with Crippen LogP contribution in [0.4, 0.5) is 8.78 Å². The zero-order valence-corrected chi connectivity index (χ0v) is 7.34. The highest BCUT2D eigenvalue weighted by atomic mass is 19.3. The van der Waals surface area contributed by atoms with E-state index in [4.69, 9.17) is 5.11 Å². The topological polar surface area (TPSA) is 40.5 Å². The van der Waals surface area contributed by atoms with Crippen molar-refractivity contribution in [3.8, 4) is 0 Å². The van der Waals surface area contributed by atoms with Crippen LogP contribution in [0, 0.1) is 0 Å². The molecule has 0 atom stereocenters. The van der Waals surface area contributed by atoms with Gasteiger partial charge in [-0.25, -0.2) is 8.78 Å². The number of carbonyl (C=O) groups is 1. The first-order valence-corrected chi connectivity index (χ1v) is 3.51. The predicted molar refractivity (Wildman–Crippen MR) is 39.9 cm³/mol. The van der Waals surface area contributed by atoms with Crippen molar-refractivity contribution < 1.29 is 18.7 Å². The molecule has 0 radical (unpaired) electrons. The fraction of sp³-hybridized carbons (Fsp3) is 0.857. The molecule has 0 unspecified atom stereocenters. The van der Waals surface area contributed by atoms with Gasteiger partial charge in [-0.3, -0.25) is 4.79 Å². The van der Waals surface area contributed by atoms with Crippen molar-refractivity contribution in [3.05, 3.63) is 0 Å². The Morgan fingerprint density at radius 1 is 1.58 bits per heavy atom. The average Bonchev–Trinajstić information content (AvgIpc) is 1.82. The van der Waals surface area contributed by atoms with Gasteiger partial charge in [-0.1, -0.05) is 0 Å². The number of halogens is 2. The Bertz CT molecular complexity index is 165. The number of alkyl halides is 2. The summed E-state index contributed by atoms with van der Waals surface area (Å²) in [5.41, 5.74) is -1.58. The second kappa shape index (κ2) is 3.80. The molecule has 0 spiro atoms. The first kappa shape index (κ1) is 11.3. The molecule has 12 heavy (non-hydrogen) atoms. The molecule has 0 saturated carbocycles. The summed E-state index contributed by atoms with van der Waals surface area (Å²) in [5, 5.41) is 9.13. The first-order chi connectivity index (χ1) is 5.25. The highest BCUT2D eigenvalue weighted by Crippen LogP contribution is 2.07. The quantitative estimate of drug-likeness (QED) is 0.688. The highest BCUT2D eigenvalue weighted by molar-refractivity contribution is 5.83. The fourth-order valence-corrected chi connectivity index (χ4v) is 0.757. The molecule has 0 fully saturated rings. The Kier molecular flexibility index (Phi) is 3.57. The van der Waals surface area contributed by atoms with Crippen molar-refractivity contribution in [2.24, 2.45) is 0 Å². The zero-order chi connectivity index (χ0) is 9.94. The molecule has 0 heterocycles. The molecule has 1 amide bonds. The minimum Gasteiger partial charge on any atom is -0.381 e. The van der Waals surface area contributed by atoms with Crippen LogP contribution in [0.1, 0.15) is 13.8 Å². The SMILES string of the molecule is CN(CC(F)F)C(=O)C(C)(C)O. The first-order valence-electron chi connectivity index (χ1n) is 3.51. The standard InChI is InChI=1S/C7H13F2NO2/c1-7(2,12)6(11)10(3)4-5(8)9/h5,12H,4H2,1-3H3. The summed E-state index contributed by atoms with van der Waals surface area (Å²) in [6, 6.07) is 0. The van der Waals surface area contributed by atoms with Gasteiger partial charge >= 0.3 is 0 Å². The molecule has 72 valence electrons. The van der Waals surface area contributed by atoms with E-state index in [2.05, 4.69) is 0 Å². The van der Waals surface area contributed by atoms with Crippen molar-refractivity contribution in [1.82, 2.24) is 4.90 Å². The van der Waals surface area contributed by atoms with Gasteiger partial charge in [0.1, 0.15) is 5.60 Å². The number of hydrogen-bond donors (Lipinski definition) is 1. The van der Waals surface area contributed by atoms with Crippen LogP contribution in [0.15, 0.2) is 0 Å². The van der Waals surface area contributed by atoms with Gasteiger partial charge in [0, 0.05) is 7.05 Å². The van der Waals surface area contributed by atoms with Gasteiger partial charge in [-0.05, 0) is 13.8 Å². The Balaban J connectivity index is 4.12. The van der Waals surface area contributed by atoms with E-state index in [0.29, 0.717) is 0 Å². The molecule has 3 nitrogen and oxygen atoms in total. The summed E-state index contributed by atoms with van der Waals surface area (Å²) in [6.45, 7) is 1.87. The highest BCUT2D eigenvalue weighted by Gasteiger charge is 2.28. The van der Waals surface area contributed by atoms with E-state index in [-0.39, 0.29) is 0 Å². The Morgan fingerprint density at radius 3 is 2.25 bits per heavy atom. The second-order valence-electron chi connectivity index (χ2n) is 3.14. The average molecular weight is 181 g/mol. The van der Waals surface area contributed by atoms with Crippen LogP contribution >= 0.6 is 0 Å². The Hall–Kier alpha value is -0.710. The minimum atomic E-state index is -2.57. The van der Waals surface area contributed by atoms with Crippen LogP contribution in [0.5, 0.6) is 0 Å². The number of amides is 1. The lowest BCUT2D eigenvalue weighted by atomic mass is 10.1. The number of hydrogen-bond acceptors (Lipinski definition) is 2.